The number of nitrogens with two attached hydrogens (primary N) is 1. The maximum Gasteiger partial charge on any atom is 0.409 e. The molecule has 11 amide bonds. The summed E-state index contributed by atoms with van der Waals surface area (Å²) in [5, 5.41) is 50.7. The molecule has 36 heteroatoms. The van der Waals surface area contributed by atoms with Gasteiger partial charge < -0.3 is 101 Å². The number of para-hydroxylation sites is 1. The van der Waals surface area contributed by atoms with Crippen LogP contribution in [0.1, 0.15) is 115 Å². The normalized spacial score (nSPS) is 26.6. The minimum absolute atomic E-state index is 0.00799. The van der Waals surface area contributed by atoms with Gasteiger partial charge in [-0.15, -0.1) is 0 Å². The number of aliphatic hydroxyl groups is 2. The molecule has 666 valence electrons. The molecule has 0 unspecified atom stereocenters. The number of nitrogens with one attached hydrogen (secondary N) is 7. The fourth-order valence-corrected chi connectivity index (χ4v) is 18.1. The lowest BCUT2D eigenvalue weighted by atomic mass is 9.83. The fourth-order valence-electron chi connectivity index (χ4n) is 15.8. The molecule has 10 rings (SSSR count). The minimum Gasteiger partial charge on any atom is -0.508 e. The van der Waals surface area contributed by atoms with Crippen LogP contribution in [0.3, 0.4) is 0 Å². The second-order valence-electron chi connectivity index (χ2n) is 32.2. The molecule has 0 saturated carbocycles. The molecule has 1 aromatic heterocycles. The summed E-state index contributed by atoms with van der Waals surface area (Å²) in [6.45, 7) is 8.89. The predicted octanol–water partition coefficient (Wildman–Crippen LogP) is 4.82. The number of fused-ring (bicyclic) bond motifs is 6. The van der Waals surface area contributed by atoms with E-state index in [-0.39, 0.29) is 107 Å². The van der Waals surface area contributed by atoms with Crippen molar-refractivity contribution < 1.29 is 96.5 Å². The van der Waals surface area contributed by atoms with Crippen molar-refractivity contribution in [1.82, 2.24) is 56.5 Å². The van der Waals surface area contributed by atoms with Crippen molar-refractivity contribution in [2.45, 2.75) is 202 Å². The molecule has 5 aliphatic heterocycles. The minimum atomic E-state index is -1.92. The maximum atomic E-state index is 15.4. The number of alkyl carbamates (subject to hydrolysis) is 1. The number of aliphatic hydroxyl groups excluding tert-OH is 1. The number of hydrogen-bond acceptors (Lipinski definition) is 23. The van der Waals surface area contributed by atoms with Gasteiger partial charge in [0, 0.05) is 134 Å². The van der Waals surface area contributed by atoms with Gasteiger partial charge in [-0.05, 0) is 119 Å². The van der Waals surface area contributed by atoms with E-state index in [1.807, 2.05) is 31.2 Å². The Hall–Kier alpha value is -10.3. The number of esters is 1. The lowest BCUT2D eigenvalue weighted by molar-refractivity contribution is -0.162. The number of aromatic hydroxyl groups is 1. The summed E-state index contributed by atoms with van der Waals surface area (Å²) in [6.07, 6.45) is -0.0268. The number of benzene rings is 4. The number of nitrogens with zero attached hydrogens (tertiary/aromatic N) is 5. The molecule has 5 aromatic rings. The lowest BCUT2D eigenvalue weighted by Gasteiger charge is -2.42. The van der Waals surface area contributed by atoms with E-state index in [0.717, 1.165) is 26.9 Å². The van der Waals surface area contributed by atoms with E-state index in [0.29, 0.717) is 58.9 Å². The zero-order valence-corrected chi connectivity index (χ0v) is 73.3. The highest BCUT2D eigenvalue weighted by Gasteiger charge is 2.65. The summed E-state index contributed by atoms with van der Waals surface area (Å²) in [7, 11) is 9.90. The molecule has 4 bridgehead atoms. The number of epoxide rings is 1. The number of rotatable bonds is 26. The molecule has 6 heterocycles. The highest BCUT2D eigenvalue weighted by molar-refractivity contribution is 8.76. The Labute approximate surface area is 728 Å². The Bertz CT molecular complexity index is 4690. The van der Waals surface area contributed by atoms with E-state index < -0.39 is 162 Å². The standard InChI is InChI=1S/C87H114ClN13O20S2/c1-50-19-18-25-69(118-10)87(116)48-68(119-85(115)96-87)51(2)77-86(5,121-77)70(47-74(107)98(7)66-44-56(41-50)45-67(117-9)75(66)88)120-84(114)52(3)97(6)71(104)32-39-122-123-40-33-73(106)101-37-35-100(36-38-101)72(105)31-30-65-81(111)93-62(42-55-26-28-58(103)29-27-55)79(109)92-63(46-57-49-90-60-23-15-14-22-59(57)60)80(110)91-61(24-16-17-34-89)78(108)95-76(53(4)102)82(112)94-64(83(113)99(65)8)43-54-20-12-11-13-21-54/h11-15,18-23,25-29,44-45,49,51-53,61-65,68-70,76-77,90,102-103,116H,16-17,24,30-43,46-48,89H2,1-10H3,(H,91,110)(H,92,109)(H,93,111)(H,94,112)(H,95,108)(H,96,115)/b25-18+,50-19+/t51-,52+,53-,61+,62+,63-,64+,65+,68+,69-,70+,76+,77+,86+,87+/m1/s1. The van der Waals surface area contributed by atoms with Gasteiger partial charge in [0.05, 0.1) is 31.4 Å². The number of halogens is 1. The number of ether oxygens (including phenoxy) is 5. The highest BCUT2D eigenvalue weighted by atomic mass is 35.5. The topological polar surface area (TPSA) is 445 Å². The largest absolute Gasteiger partial charge is 0.508 e. The molecule has 5 aliphatic rings. The smallest absolute Gasteiger partial charge is 0.409 e. The number of aromatic amines is 1. The number of amides is 11. The Morgan fingerprint density at radius 3 is 2.02 bits per heavy atom. The zero-order chi connectivity index (χ0) is 89.1. The molecule has 33 nitrogen and oxygen atoms in total. The van der Waals surface area contributed by atoms with Crippen molar-refractivity contribution in [2.24, 2.45) is 11.7 Å². The van der Waals surface area contributed by atoms with Crippen LogP contribution >= 0.6 is 33.2 Å². The Morgan fingerprint density at radius 1 is 0.748 bits per heavy atom. The summed E-state index contributed by atoms with van der Waals surface area (Å²) in [4.78, 5) is 184. The van der Waals surface area contributed by atoms with Gasteiger partial charge in [-0.3, -0.25) is 53.3 Å². The van der Waals surface area contributed by atoms with Gasteiger partial charge in [-0.2, -0.15) is 0 Å². The van der Waals surface area contributed by atoms with Crippen molar-refractivity contribution in [3.8, 4) is 11.5 Å². The average Bonchev–Trinajstić information content (AvgIpc) is 1.57. The maximum absolute atomic E-state index is 15.4. The number of carbonyl (C=O) groups excluding carboxylic acids is 12. The van der Waals surface area contributed by atoms with Crippen LogP contribution in [0.15, 0.2) is 121 Å². The van der Waals surface area contributed by atoms with E-state index in [4.69, 9.17) is 41.0 Å². The second kappa shape index (κ2) is 43.4. The third-order valence-electron chi connectivity index (χ3n) is 23.4. The van der Waals surface area contributed by atoms with Gasteiger partial charge in [0.2, 0.25) is 59.1 Å². The van der Waals surface area contributed by atoms with Crippen molar-refractivity contribution in [3.63, 3.8) is 0 Å². The Kier molecular flexibility index (Phi) is 33.5. The molecular formula is C87H114ClN13O20S2. The number of likely N-dealkylation sites (N-methyl/N-ethyl adjacent to an activating group) is 2. The molecular weight excluding hydrogens is 1650 g/mol. The van der Waals surface area contributed by atoms with Gasteiger partial charge in [-0.1, -0.05) is 125 Å². The monoisotopic (exact) mass is 1760 g/mol. The Balaban J connectivity index is 0.773. The molecule has 12 N–H and O–H groups in total. The van der Waals surface area contributed by atoms with Crippen molar-refractivity contribution >= 4 is 121 Å². The molecule has 15 atom stereocenters. The summed E-state index contributed by atoms with van der Waals surface area (Å²) in [6, 6.07) is 15.2. The molecule has 123 heavy (non-hydrogen) atoms. The van der Waals surface area contributed by atoms with Crippen LogP contribution in [0.4, 0.5) is 10.5 Å². The number of anilines is 1. The summed E-state index contributed by atoms with van der Waals surface area (Å²) in [5.74, 6) is -7.31. The molecule has 4 saturated heterocycles. The van der Waals surface area contributed by atoms with Crippen LogP contribution in [0.25, 0.3) is 10.9 Å². The van der Waals surface area contributed by atoms with Gasteiger partial charge in [0.1, 0.15) is 82.7 Å². The quantitative estimate of drug-likeness (QED) is 0.0153. The van der Waals surface area contributed by atoms with Crippen LogP contribution in [0.5, 0.6) is 11.5 Å². The molecule has 0 spiro atoms. The fraction of sp³-hybridized carbons (Fsp3) is 0.517. The third kappa shape index (κ3) is 24.6. The van der Waals surface area contributed by atoms with Gasteiger partial charge >= 0.3 is 12.1 Å². The van der Waals surface area contributed by atoms with E-state index in [2.05, 4.69) is 36.9 Å². The number of hydrogen-bond donors (Lipinski definition) is 11. The second-order valence-corrected chi connectivity index (χ2v) is 35.3. The predicted molar refractivity (Wildman–Crippen MR) is 462 cm³/mol. The highest BCUT2D eigenvalue weighted by Crippen LogP contribution is 2.49. The summed E-state index contributed by atoms with van der Waals surface area (Å²) >= 11 is 6.88. The van der Waals surface area contributed by atoms with Crippen molar-refractivity contribution in [3.05, 3.63) is 148 Å². The molecule has 0 radical (unpaired) electrons. The van der Waals surface area contributed by atoms with E-state index in [1.165, 1.54) is 92.7 Å². The number of piperazine rings is 1. The average molecular weight is 1760 g/mol. The number of carbonyl (C=O) groups is 12. The Morgan fingerprint density at radius 2 is 1.36 bits per heavy atom. The summed E-state index contributed by atoms with van der Waals surface area (Å²) in [5.41, 5.74) is 6.92. The number of phenolic OH excluding ortho intramolecular Hbond substituents is 1. The zero-order valence-electron chi connectivity index (χ0n) is 70.9. The van der Waals surface area contributed by atoms with Crippen LogP contribution in [-0.4, -0.2) is 275 Å². The van der Waals surface area contributed by atoms with Gasteiger partial charge in [0.15, 0.2) is 5.72 Å². The first-order chi connectivity index (χ1) is 58.6. The van der Waals surface area contributed by atoms with Gasteiger partial charge in [-0.25, -0.2) is 9.59 Å². The number of allylic oxidation sites excluding steroid dienone is 3. The molecule has 4 fully saturated rings. The number of methoxy groups -OCH3 is 2. The first-order valence-corrected chi connectivity index (χ1v) is 44.2. The first-order valence-electron chi connectivity index (χ1n) is 41.3. The van der Waals surface area contributed by atoms with E-state index >= 15 is 14.4 Å². The van der Waals surface area contributed by atoms with Crippen LogP contribution in [0, 0.1) is 5.92 Å². The number of phenols is 1. The van der Waals surface area contributed by atoms with Crippen molar-refractivity contribution in [1.29, 1.82) is 0 Å². The van der Waals surface area contributed by atoms with E-state index in [9.17, 15) is 58.5 Å². The first kappa shape index (κ1) is 95.0. The molecule has 4 aromatic carbocycles. The van der Waals surface area contributed by atoms with Crippen molar-refractivity contribution in [2.75, 3.05) is 84.5 Å². The third-order valence-corrected chi connectivity index (χ3v) is 26.2. The van der Waals surface area contributed by atoms with Crippen LogP contribution in [0.2, 0.25) is 5.02 Å². The lowest BCUT2D eigenvalue weighted by Crippen LogP contribution is -2.63. The van der Waals surface area contributed by atoms with Gasteiger partial charge in [0.25, 0.3) is 0 Å². The van der Waals surface area contributed by atoms with E-state index in [1.54, 1.807) is 103 Å². The SMILES string of the molecule is COc1cc2cc(c1Cl)N(C)C(=O)C[C@H](OC(=O)[C@H](C)N(C)C(=O)CCSSCCC(=O)N1CCN(C(=O)CC[C@H]3C(=O)N[C@@H](Cc4ccc(O)cc4)C(=O)N[C@H](Cc4c[nH]c5ccccc45)C(=O)N[C@@H](CCCCN)C(=O)N[C@@H]([C@@H](C)O)C(=O)N[C@@H](Cc4ccccc4)C(=O)N3C)CC1)[C@]1(C)O[C@H]1[C@H](C)[C@@H]1C[C@@](O)(NC(=O)O1)[C@H](OC)/C=C/C=C(\C)C2. The van der Waals surface area contributed by atoms with Crippen LogP contribution < -0.4 is 47.3 Å². The number of aromatic nitrogens is 1. The van der Waals surface area contributed by atoms with Crippen LogP contribution in [-0.2, 0) is 97.4 Å². The summed E-state index contributed by atoms with van der Waals surface area (Å²) < 4.78 is 29.7. The number of H-pyrrole nitrogens is 1. The molecule has 0 aliphatic carbocycles. The number of unbranched alkanes of at least 4 members (excludes halogenated alkanes) is 1.